The molecule has 1 saturated heterocycles. The van der Waals surface area contributed by atoms with Crippen molar-refractivity contribution in [2.45, 2.75) is 32.0 Å². The maximum absolute atomic E-state index is 12.4. The van der Waals surface area contributed by atoms with Crippen molar-refractivity contribution in [3.63, 3.8) is 0 Å². The molecule has 0 unspecified atom stereocenters. The maximum Gasteiger partial charge on any atom is 0.316 e. The van der Waals surface area contributed by atoms with Crippen LogP contribution >= 0.6 is 0 Å². The standard InChI is InChI=1S/C14H18O5/c1-13-3-4-14(18-5-6-19-14)8-9(13)7-10(11(13)15)12(16)17-2/h8,10H,3-7H2,1-2H3/t10-,13-/m0/s1. The van der Waals surface area contributed by atoms with Gasteiger partial charge in [0, 0.05) is 11.8 Å². The van der Waals surface area contributed by atoms with E-state index in [-0.39, 0.29) is 5.78 Å². The quantitative estimate of drug-likeness (QED) is 0.405. The summed E-state index contributed by atoms with van der Waals surface area (Å²) in [5.41, 5.74) is 0.403. The summed E-state index contributed by atoms with van der Waals surface area (Å²) in [6, 6.07) is 0. The number of ether oxygens (including phenoxy) is 3. The Morgan fingerprint density at radius 2 is 2.05 bits per heavy atom. The van der Waals surface area contributed by atoms with E-state index in [1.165, 1.54) is 7.11 Å². The summed E-state index contributed by atoms with van der Waals surface area (Å²) >= 11 is 0. The zero-order chi connectivity index (χ0) is 13.7. The van der Waals surface area contributed by atoms with E-state index in [0.29, 0.717) is 32.5 Å². The summed E-state index contributed by atoms with van der Waals surface area (Å²) in [5.74, 6) is -1.81. The molecular weight excluding hydrogens is 248 g/mol. The van der Waals surface area contributed by atoms with E-state index in [1.54, 1.807) is 0 Å². The van der Waals surface area contributed by atoms with E-state index in [1.807, 2.05) is 13.0 Å². The first-order valence-corrected chi connectivity index (χ1v) is 6.63. The Morgan fingerprint density at radius 1 is 1.37 bits per heavy atom. The minimum absolute atomic E-state index is 0.0292. The van der Waals surface area contributed by atoms with Gasteiger partial charge in [0.15, 0.2) is 11.6 Å². The van der Waals surface area contributed by atoms with Crippen molar-refractivity contribution in [1.82, 2.24) is 0 Å². The van der Waals surface area contributed by atoms with E-state index in [2.05, 4.69) is 0 Å². The average molecular weight is 266 g/mol. The maximum atomic E-state index is 12.4. The van der Waals surface area contributed by atoms with E-state index >= 15 is 0 Å². The summed E-state index contributed by atoms with van der Waals surface area (Å²) in [6.45, 7) is 3.07. The van der Waals surface area contributed by atoms with Gasteiger partial charge in [-0.2, -0.15) is 0 Å². The van der Waals surface area contributed by atoms with Crippen molar-refractivity contribution in [3.05, 3.63) is 11.6 Å². The lowest BCUT2D eigenvalue weighted by molar-refractivity contribution is -0.150. The normalized spacial score (nSPS) is 36.2. The number of Topliss-reactive ketones (excluding diaryl/α,β-unsaturated/α-hetero) is 1. The zero-order valence-corrected chi connectivity index (χ0v) is 11.2. The van der Waals surface area contributed by atoms with Crippen molar-refractivity contribution in [3.8, 4) is 0 Å². The molecule has 3 rings (SSSR count). The van der Waals surface area contributed by atoms with E-state index in [0.717, 1.165) is 5.57 Å². The number of carbonyl (C=O) groups is 2. The lowest BCUT2D eigenvalue weighted by Crippen LogP contribution is -2.39. The largest absolute Gasteiger partial charge is 0.468 e. The van der Waals surface area contributed by atoms with Crippen molar-refractivity contribution >= 4 is 11.8 Å². The number of allylic oxidation sites excluding steroid dienone is 1. The van der Waals surface area contributed by atoms with Crippen LogP contribution in [0.3, 0.4) is 0 Å². The van der Waals surface area contributed by atoms with Crippen LogP contribution in [0.4, 0.5) is 0 Å². The van der Waals surface area contributed by atoms with Crippen LogP contribution in [0.25, 0.3) is 0 Å². The molecular formula is C14H18O5. The second-order valence-electron chi connectivity index (χ2n) is 5.65. The molecule has 104 valence electrons. The molecule has 0 aromatic heterocycles. The first-order valence-electron chi connectivity index (χ1n) is 6.63. The second kappa shape index (κ2) is 4.15. The molecule has 1 aliphatic heterocycles. The van der Waals surface area contributed by atoms with Gasteiger partial charge in [-0.3, -0.25) is 9.59 Å². The van der Waals surface area contributed by atoms with Crippen LogP contribution < -0.4 is 0 Å². The molecule has 0 N–H and O–H groups in total. The summed E-state index contributed by atoms with van der Waals surface area (Å²) in [4.78, 5) is 24.1. The van der Waals surface area contributed by atoms with Crippen molar-refractivity contribution in [2.75, 3.05) is 20.3 Å². The Bertz CT molecular complexity index is 460. The lowest BCUT2D eigenvalue weighted by atomic mass is 9.73. The fourth-order valence-corrected chi connectivity index (χ4v) is 3.38. The third-order valence-electron chi connectivity index (χ3n) is 4.62. The molecule has 0 aromatic carbocycles. The highest BCUT2D eigenvalue weighted by atomic mass is 16.7. The highest BCUT2D eigenvalue weighted by Gasteiger charge is 2.55. The number of fused-ring (bicyclic) bond motifs is 1. The first-order chi connectivity index (χ1) is 9.01. The van der Waals surface area contributed by atoms with Gasteiger partial charge < -0.3 is 14.2 Å². The molecule has 0 amide bonds. The van der Waals surface area contributed by atoms with Crippen LogP contribution in [-0.4, -0.2) is 37.9 Å². The number of hydrogen-bond donors (Lipinski definition) is 0. The van der Waals surface area contributed by atoms with Crippen LogP contribution in [0, 0.1) is 11.3 Å². The SMILES string of the molecule is COC(=O)[C@H]1CC2=CC3(CC[C@]2(C)C1=O)OCCO3. The molecule has 3 aliphatic rings. The molecule has 19 heavy (non-hydrogen) atoms. The van der Waals surface area contributed by atoms with Gasteiger partial charge in [0.2, 0.25) is 0 Å². The van der Waals surface area contributed by atoms with Gasteiger partial charge in [-0.15, -0.1) is 0 Å². The van der Waals surface area contributed by atoms with Gasteiger partial charge in [0.1, 0.15) is 5.92 Å². The summed E-state index contributed by atoms with van der Waals surface area (Å²) in [5, 5.41) is 0. The highest BCUT2D eigenvalue weighted by Crippen LogP contribution is 2.52. The number of rotatable bonds is 1. The predicted octanol–water partition coefficient (Wildman–Crippen LogP) is 1.22. The molecule has 5 nitrogen and oxygen atoms in total. The number of ketones is 1. The number of hydrogen-bond acceptors (Lipinski definition) is 5. The molecule has 0 radical (unpaired) electrons. The van der Waals surface area contributed by atoms with Gasteiger partial charge in [0.25, 0.3) is 0 Å². The fraction of sp³-hybridized carbons (Fsp3) is 0.714. The van der Waals surface area contributed by atoms with Crippen molar-refractivity contribution in [2.24, 2.45) is 11.3 Å². The molecule has 5 heteroatoms. The Kier molecular flexibility index (Phi) is 2.80. The molecule has 0 aromatic rings. The third-order valence-corrected chi connectivity index (χ3v) is 4.62. The highest BCUT2D eigenvalue weighted by molar-refractivity contribution is 6.06. The molecule has 0 bridgehead atoms. The van der Waals surface area contributed by atoms with Gasteiger partial charge in [-0.1, -0.05) is 5.57 Å². The van der Waals surface area contributed by atoms with Gasteiger partial charge >= 0.3 is 5.97 Å². The molecule has 1 saturated carbocycles. The van der Waals surface area contributed by atoms with Crippen LogP contribution in [0.1, 0.15) is 26.2 Å². The minimum Gasteiger partial charge on any atom is -0.468 e. The van der Waals surface area contributed by atoms with Crippen LogP contribution in [0.15, 0.2) is 11.6 Å². The second-order valence-corrected chi connectivity index (χ2v) is 5.65. The van der Waals surface area contributed by atoms with E-state index in [4.69, 9.17) is 14.2 Å². The van der Waals surface area contributed by atoms with Crippen LogP contribution in [0.5, 0.6) is 0 Å². The van der Waals surface area contributed by atoms with Crippen LogP contribution in [-0.2, 0) is 23.8 Å². The smallest absolute Gasteiger partial charge is 0.316 e. The Morgan fingerprint density at radius 3 is 2.68 bits per heavy atom. The fourth-order valence-electron chi connectivity index (χ4n) is 3.38. The predicted molar refractivity (Wildman–Crippen MR) is 65.2 cm³/mol. The van der Waals surface area contributed by atoms with E-state index < -0.39 is 23.1 Å². The Balaban J connectivity index is 1.94. The topological polar surface area (TPSA) is 61.8 Å². The third kappa shape index (κ3) is 1.75. The number of esters is 1. The van der Waals surface area contributed by atoms with Gasteiger partial charge in [0.05, 0.1) is 20.3 Å². The van der Waals surface area contributed by atoms with E-state index in [9.17, 15) is 9.59 Å². The molecule has 2 atom stereocenters. The summed E-state index contributed by atoms with van der Waals surface area (Å²) in [7, 11) is 1.32. The van der Waals surface area contributed by atoms with Crippen molar-refractivity contribution < 1.29 is 23.8 Å². The lowest BCUT2D eigenvalue weighted by Gasteiger charge is -2.36. The molecule has 1 spiro atoms. The zero-order valence-electron chi connectivity index (χ0n) is 11.2. The van der Waals surface area contributed by atoms with Crippen molar-refractivity contribution in [1.29, 1.82) is 0 Å². The van der Waals surface area contributed by atoms with Gasteiger partial charge in [-0.25, -0.2) is 0 Å². The van der Waals surface area contributed by atoms with Crippen LogP contribution in [0.2, 0.25) is 0 Å². The first kappa shape index (κ1) is 12.8. The van der Waals surface area contributed by atoms with Gasteiger partial charge in [-0.05, 0) is 25.8 Å². The number of carbonyl (C=O) groups excluding carboxylic acids is 2. The Labute approximate surface area is 111 Å². The average Bonchev–Trinajstić information content (AvgIpc) is 2.96. The monoisotopic (exact) mass is 266 g/mol. The number of methoxy groups -OCH3 is 1. The Hall–Kier alpha value is -1.20. The molecule has 2 aliphatic carbocycles. The molecule has 2 fully saturated rings. The molecule has 1 heterocycles. The summed E-state index contributed by atoms with van der Waals surface area (Å²) in [6.07, 6.45) is 3.67. The summed E-state index contributed by atoms with van der Waals surface area (Å²) < 4.78 is 16.1. The minimum atomic E-state index is -0.669.